The Morgan fingerprint density at radius 1 is 1.18 bits per heavy atom. The number of halogens is 3. The predicted octanol–water partition coefficient (Wildman–Crippen LogP) is 4.02. The molecule has 0 bridgehead atoms. The SMILES string of the molecule is CC(C)(C=O)CSc1ccc(C(F)(F)F)cc1. The standard InChI is InChI=1S/C12H13F3OS/c1-11(2,7-16)8-17-10-5-3-9(4-6-10)12(13,14)15/h3-7H,8H2,1-2H3. The fraction of sp³-hybridized carbons (Fsp3) is 0.417. The van der Waals surface area contributed by atoms with Crippen LogP contribution in [0.2, 0.25) is 0 Å². The van der Waals surface area contributed by atoms with Crippen LogP contribution in [0.3, 0.4) is 0 Å². The summed E-state index contributed by atoms with van der Waals surface area (Å²) in [7, 11) is 0. The molecule has 1 rings (SSSR count). The molecule has 0 unspecified atom stereocenters. The molecule has 1 aromatic rings. The summed E-state index contributed by atoms with van der Waals surface area (Å²) in [5, 5.41) is 0. The zero-order chi connectivity index (χ0) is 13.1. The highest BCUT2D eigenvalue weighted by Crippen LogP contribution is 2.32. The molecule has 0 fully saturated rings. The number of carbonyl (C=O) groups excluding carboxylic acids is 1. The van der Waals surface area contributed by atoms with E-state index in [4.69, 9.17) is 0 Å². The summed E-state index contributed by atoms with van der Waals surface area (Å²) in [4.78, 5) is 11.4. The highest BCUT2D eigenvalue weighted by Gasteiger charge is 2.30. The Hall–Kier alpha value is -0.970. The molecule has 0 N–H and O–H groups in total. The van der Waals surface area contributed by atoms with Crippen LogP contribution in [-0.4, -0.2) is 12.0 Å². The summed E-state index contributed by atoms with van der Waals surface area (Å²) < 4.78 is 36.9. The highest BCUT2D eigenvalue weighted by atomic mass is 32.2. The van der Waals surface area contributed by atoms with Gasteiger partial charge in [-0.3, -0.25) is 0 Å². The molecule has 1 aromatic carbocycles. The molecule has 0 aliphatic carbocycles. The van der Waals surface area contributed by atoms with E-state index in [0.717, 1.165) is 23.3 Å². The zero-order valence-electron chi connectivity index (χ0n) is 9.54. The van der Waals surface area contributed by atoms with Crippen molar-refractivity contribution in [2.45, 2.75) is 24.9 Å². The van der Waals surface area contributed by atoms with Crippen molar-refractivity contribution < 1.29 is 18.0 Å². The van der Waals surface area contributed by atoms with Crippen LogP contribution in [0.4, 0.5) is 13.2 Å². The molecule has 5 heteroatoms. The lowest BCUT2D eigenvalue weighted by Crippen LogP contribution is -2.15. The van der Waals surface area contributed by atoms with Gasteiger partial charge in [0.2, 0.25) is 0 Å². The van der Waals surface area contributed by atoms with E-state index in [1.807, 2.05) is 0 Å². The zero-order valence-corrected chi connectivity index (χ0v) is 10.4. The van der Waals surface area contributed by atoms with Crippen molar-refractivity contribution in [3.8, 4) is 0 Å². The monoisotopic (exact) mass is 262 g/mol. The van der Waals surface area contributed by atoms with E-state index in [9.17, 15) is 18.0 Å². The molecule has 0 spiro atoms. The van der Waals surface area contributed by atoms with Gasteiger partial charge in [-0.15, -0.1) is 11.8 Å². The summed E-state index contributed by atoms with van der Waals surface area (Å²) in [6.45, 7) is 3.58. The first-order valence-electron chi connectivity index (χ1n) is 5.01. The molecule has 1 nitrogen and oxygen atoms in total. The molecule has 0 aliphatic heterocycles. The van der Waals surface area contributed by atoms with Crippen LogP contribution < -0.4 is 0 Å². The van der Waals surface area contributed by atoms with E-state index in [1.165, 1.54) is 23.9 Å². The number of rotatable bonds is 4. The minimum absolute atomic E-state index is 0.465. The normalized spacial score (nSPS) is 12.5. The predicted molar refractivity (Wildman–Crippen MR) is 62.0 cm³/mol. The lowest BCUT2D eigenvalue weighted by Gasteiger charge is -2.15. The molecular weight excluding hydrogens is 249 g/mol. The van der Waals surface area contributed by atoms with E-state index in [1.54, 1.807) is 13.8 Å². The molecule has 0 saturated heterocycles. The van der Waals surface area contributed by atoms with E-state index in [0.29, 0.717) is 5.75 Å². The van der Waals surface area contributed by atoms with Crippen molar-refractivity contribution in [3.63, 3.8) is 0 Å². The lowest BCUT2D eigenvalue weighted by atomic mass is 10.00. The summed E-state index contributed by atoms with van der Waals surface area (Å²) in [5.74, 6) is 0.544. The molecule has 0 saturated carbocycles. The Balaban J connectivity index is 2.67. The van der Waals surface area contributed by atoms with E-state index >= 15 is 0 Å². The van der Waals surface area contributed by atoms with Gasteiger partial charge in [0, 0.05) is 16.1 Å². The van der Waals surface area contributed by atoms with Gasteiger partial charge in [-0.1, -0.05) is 13.8 Å². The average molecular weight is 262 g/mol. The fourth-order valence-electron chi connectivity index (χ4n) is 1.04. The maximum atomic E-state index is 12.3. The Morgan fingerprint density at radius 2 is 1.71 bits per heavy atom. The smallest absolute Gasteiger partial charge is 0.303 e. The van der Waals surface area contributed by atoms with Crippen LogP contribution in [0.5, 0.6) is 0 Å². The Labute approximate surface area is 102 Å². The first kappa shape index (κ1) is 14.1. The Kier molecular flexibility index (Phi) is 4.25. The van der Waals surface area contributed by atoms with Crippen LogP contribution in [0.1, 0.15) is 19.4 Å². The molecule has 0 heterocycles. The van der Waals surface area contributed by atoms with Crippen LogP contribution >= 0.6 is 11.8 Å². The Morgan fingerprint density at radius 3 is 2.12 bits per heavy atom. The highest BCUT2D eigenvalue weighted by molar-refractivity contribution is 7.99. The van der Waals surface area contributed by atoms with Gasteiger partial charge < -0.3 is 4.79 Å². The summed E-state index contributed by atoms with van der Waals surface area (Å²) >= 11 is 1.37. The van der Waals surface area contributed by atoms with Gasteiger partial charge in [-0.2, -0.15) is 13.2 Å². The third-order valence-corrected chi connectivity index (χ3v) is 3.61. The second-order valence-corrected chi connectivity index (χ2v) is 5.47. The fourth-order valence-corrected chi connectivity index (χ4v) is 1.98. The first-order valence-corrected chi connectivity index (χ1v) is 5.99. The number of benzene rings is 1. The molecule has 0 radical (unpaired) electrons. The molecule has 17 heavy (non-hydrogen) atoms. The van der Waals surface area contributed by atoms with Crippen molar-refractivity contribution in [3.05, 3.63) is 29.8 Å². The number of aldehydes is 1. The van der Waals surface area contributed by atoms with Crippen LogP contribution in [0.25, 0.3) is 0 Å². The van der Waals surface area contributed by atoms with Gasteiger partial charge in [0.05, 0.1) is 5.56 Å². The number of thioether (sulfide) groups is 1. The largest absolute Gasteiger partial charge is 0.416 e. The maximum absolute atomic E-state index is 12.3. The molecule has 94 valence electrons. The van der Waals surface area contributed by atoms with Gasteiger partial charge in [0.15, 0.2) is 0 Å². The minimum atomic E-state index is -4.30. The van der Waals surface area contributed by atoms with E-state index in [-0.39, 0.29) is 0 Å². The van der Waals surface area contributed by atoms with Gasteiger partial charge >= 0.3 is 6.18 Å². The Bertz CT molecular complexity index is 382. The topological polar surface area (TPSA) is 17.1 Å². The third-order valence-electron chi connectivity index (χ3n) is 2.11. The van der Waals surface area contributed by atoms with Gasteiger partial charge in [0.1, 0.15) is 6.29 Å². The van der Waals surface area contributed by atoms with Crippen LogP contribution in [0, 0.1) is 5.41 Å². The molecule has 0 aliphatic rings. The molecule has 0 amide bonds. The summed E-state index contributed by atoms with van der Waals surface area (Å²) in [6.07, 6.45) is -3.45. The number of hydrogen-bond donors (Lipinski definition) is 0. The van der Waals surface area contributed by atoms with Gasteiger partial charge in [0.25, 0.3) is 0 Å². The molecular formula is C12H13F3OS. The van der Waals surface area contributed by atoms with Gasteiger partial charge in [-0.05, 0) is 24.3 Å². The van der Waals surface area contributed by atoms with Crippen molar-refractivity contribution in [2.24, 2.45) is 5.41 Å². The van der Waals surface area contributed by atoms with Crippen LogP contribution in [-0.2, 0) is 11.0 Å². The number of carbonyl (C=O) groups is 1. The third kappa shape index (κ3) is 4.42. The van der Waals surface area contributed by atoms with E-state index < -0.39 is 17.2 Å². The maximum Gasteiger partial charge on any atom is 0.416 e. The first-order chi connectivity index (χ1) is 7.74. The molecule has 0 atom stereocenters. The number of hydrogen-bond acceptors (Lipinski definition) is 2. The quantitative estimate of drug-likeness (QED) is 0.602. The summed E-state index contributed by atoms with van der Waals surface area (Å²) in [6, 6.07) is 4.95. The lowest BCUT2D eigenvalue weighted by molar-refractivity contribution is -0.137. The second-order valence-electron chi connectivity index (χ2n) is 4.42. The number of alkyl halides is 3. The molecule has 0 aromatic heterocycles. The van der Waals surface area contributed by atoms with Crippen LogP contribution in [0.15, 0.2) is 29.2 Å². The van der Waals surface area contributed by atoms with Gasteiger partial charge in [-0.25, -0.2) is 0 Å². The van der Waals surface area contributed by atoms with Crippen molar-refractivity contribution in [1.82, 2.24) is 0 Å². The van der Waals surface area contributed by atoms with Crippen molar-refractivity contribution in [2.75, 3.05) is 5.75 Å². The van der Waals surface area contributed by atoms with E-state index in [2.05, 4.69) is 0 Å². The van der Waals surface area contributed by atoms with Crippen molar-refractivity contribution in [1.29, 1.82) is 0 Å². The second kappa shape index (κ2) is 5.12. The summed E-state index contributed by atoms with van der Waals surface area (Å²) in [5.41, 5.74) is -1.12. The average Bonchev–Trinajstić information content (AvgIpc) is 2.26. The van der Waals surface area contributed by atoms with Crippen molar-refractivity contribution >= 4 is 18.0 Å². The minimum Gasteiger partial charge on any atom is -0.303 e.